The summed E-state index contributed by atoms with van der Waals surface area (Å²) < 4.78 is 13.7. The third kappa shape index (κ3) is 5.13. The van der Waals surface area contributed by atoms with Gasteiger partial charge in [-0.1, -0.05) is 57.2 Å². The monoisotopic (exact) mass is 342 g/mol. The van der Waals surface area contributed by atoms with Crippen LogP contribution in [0.5, 0.6) is 0 Å². The molecule has 2 rings (SSSR count). The molecule has 0 saturated heterocycles. The van der Waals surface area contributed by atoms with Crippen LogP contribution in [0.1, 0.15) is 38.8 Å². The van der Waals surface area contributed by atoms with Crippen LogP contribution in [0.4, 0.5) is 10.1 Å². The van der Waals surface area contributed by atoms with Crippen LogP contribution in [0.3, 0.4) is 0 Å². The zero-order valence-corrected chi connectivity index (χ0v) is 15.6. The molecule has 0 aliphatic heterocycles. The summed E-state index contributed by atoms with van der Waals surface area (Å²) in [6.07, 6.45) is 0. The molecule has 4 heteroatoms. The first-order chi connectivity index (χ1) is 11.7. The van der Waals surface area contributed by atoms with Crippen LogP contribution in [0.15, 0.2) is 48.5 Å². The van der Waals surface area contributed by atoms with Gasteiger partial charge >= 0.3 is 0 Å². The average Bonchev–Trinajstić information content (AvgIpc) is 2.55. The molecule has 0 aliphatic carbocycles. The topological polar surface area (TPSA) is 32.3 Å². The average molecular weight is 342 g/mol. The van der Waals surface area contributed by atoms with Crippen LogP contribution in [-0.4, -0.2) is 23.9 Å². The second kappa shape index (κ2) is 7.79. The van der Waals surface area contributed by atoms with Crippen molar-refractivity contribution in [3.63, 3.8) is 0 Å². The van der Waals surface area contributed by atoms with Crippen molar-refractivity contribution in [2.24, 2.45) is 0 Å². The van der Waals surface area contributed by atoms with Crippen LogP contribution < -0.4 is 5.32 Å². The van der Waals surface area contributed by atoms with Gasteiger partial charge in [0.25, 0.3) is 0 Å². The van der Waals surface area contributed by atoms with E-state index in [-0.39, 0.29) is 23.1 Å². The fourth-order valence-corrected chi connectivity index (χ4v) is 2.53. The van der Waals surface area contributed by atoms with Gasteiger partial charge in [-0.2, -0.15) is 0 Å². The number of halogens is 1. The smallest absolute Gasteiger partial charge is 0.241 e. The molecule has 0 heterocycles. The first kappa shape index (κ1) is 19.1. The van der Waals surface area contributed by atoms with Gasteiger partial charge in [0.1, 0.15) is 5.82 Å². The lowest BCUT2D eigenvalue weighted by Gasteiger charge is -2.25. The molecule has 0 aliphatic rings. The molecular formula is C21H27FN2O. The Morgan fingerprint density at radius 1 is 1.12 bits per heavy atom. The third-order valence-corrected chi connectivity index (χ3v) is 4.42. The number of nitrogens with zero attached hydrogens (tertiary/aromatic N) is 1. The number of carbonyl (C=O) groups excluding carboxylic acids is 1. The second-order valence-corrected chi connectivity index (χ2v) is 7.51. The fraction of sp³-hybridized carbons (Fsp3) is 0.381. The predicted octanol–water partition coefficient (Wildman–Crippen LogP) is 4.58. The quantitative estimate of drug-likeness (QED) is 0.862. The minimum atomic E-state index is -0.427. The zero-order chi connectivity index (χ0) is 18.6. The van der Waals surface area contributed by atoms with Crippen molar-refractivity contribution in [1.29, 1.82) is 0 Å². The number of likely N-dealkylation sites (N-methyl/N-ethyl adjacent to an activating group) is 1. The van der Waals surface area contributed by atoms with Crippen molar-refractivity contribution >= 4 is 11.6 Å². The molecule has 2 aromatic carbocycles. The summed E-state index contributed by atoms with van der Waals surface area (Å²) in [6, 6.07) is 14.3. The molecule has 0 unspecified atom stereocenters. The molecule has 2 aromatic rings. The van der Waals surface area contributed by atoms with Gasteiger partial charge in [0, 0.05) is 6.54 Å². The molecule has 3 nitrogen and oxygen atoms in total. The lowest BCUT2D eigenvalue weighted by Crippen LogP contribution is -2.39. The maximum absolute atomic E-state index is 13.7. The van der Waals surface area contributed by atoms with Crippen LogP contribution in [0.25, 0.3) is 0 Å². The Morgan fingerprint density at radius 2 is 1.72 bits per heavy atom. The summed E-state index contributed by atoms with van der Waals surface area (Å²) in [7, 11) is 1.89. The molecule has 1 atom stereocenters. The summed E-state index contributed by atoms with van der Waals surface area (Å²) in [5.41, 5.74) is 2.75. The number of benzene rings is 2. The van der Waals surface area contributed by atoms with E-state index >= 15 is 0 Å². The number of amides is 1. The normalized spacial score (nSPS) is 12.9. The Morgan fingerprint density at radius 3 is 2.28 bits per heavy atom. The number of hydrogen-bond acceptors (Lipinski definition) is 2. The van der Waals surface area contributed by atoms with Gasteiger partial charge in [0.2, 0.25) is 5.91 Å². The van der Waals surface area contributed by atoms with E-state index in [0.29, 0.717) is 6.54 Å². The molecular weight excluding hydrogens is 315 g/mol. The van der Waals surface area contributed by atoms with Gasteiger partial charge in [-0.25, -0.2) is 4.39 Å². The number of carbonyl (C=O) groups is 1. The number of para-hydroxylation sites is 1. The van der Waals surface area contributed by atoms with Crippen molar-refractivity contribution in [2.75, 3.05) is 12.4 Å². The zero-order valence-electron chi connectivity index (χ0n) is 15.6. The number of hydrogen-bond donors (Lipinski definition) is 1. The number of nitrogens with one attached hydrogen (secondary N) is 1. The van der Waals surface area contributed by atoms with E-state index in [9.17, 15) is 9.18 Å². The Hall–Kier alpha value is -2.20. The van der Waals surface area contributed by atoms with E-state index < -0.39 is 5.82 Å². The summed E-state index contributed by atoms with van der Waals surface area (Å²) in [6.45, 7) is 9.02. The van der Waals surface area contributed by atoms with Gasteiger partial charge in [-0.05, 0) is 42.6 Å². The van der Waals surface area contributed by atoms with Crippen molar-refractivity contribution in [3.8, 4) is 0 Å². The fourth-order valence-electron chi connectivity index (χ4n) is 2.53. The van der Waals surface area contributed by atoms with E-state index in [4.69, 9.17) is 0 Å². The van der Waals surface area contributed by atoms with Crippen LogP contribution in [-0.2, 0) is 16.8 Å². The van der Waals surface area contributed by atoms with Crippen molar-refractivity contribution in [3.05, 3.63) is 65.5 Å². The SMILES string of the molecule is C[C@@H](C(=O)Nc1ccccc1F)N(C)Cc1ccc(C(C)(C)C)cc1. The highest BCUT2D eigenvalue weighted by atomic mass is 19.1. The van der Waals surface area contributed by atoms with E-state index in [2.05, 4.69) is 50.4 Å². The van der Waals surface area contributed by atoms with E-state index in [1.807, 2.05) is 18.9 Å². The van der Waals surface area contributed by atoms with Crippen molar-refractivity contribution in [1.82, 2.24) is 4.90 Å². The molecule has 1 N–H and O–H groups in total. The van der Waals surface area contributed by atoms with Gasteiger partial charge < -0.3 is 5.32 Å². The molecule has 1 amide bonds. The maximum Gasteiger partial charge on any atom is 0.241 e. The minimum Gasteiger partial charge on any atom is -0.322 e. The minimum absolute atomic E-state index is 0.122. The summed E-state index contributed by atoms with van der Waals surface area (Å²) in [4.78, 5) is 14.3. The highest BCUT2D eigenvalue weighted by Gasteiger charge is 2.19. The standard InChI is InChI=1S/C21H27FN2O/c1-15(20(25)23-19-9-7-6-8-18(19)22)24(5)14-16-10-12-17(13-11-16)21(2,3)4/h6-13,15H,14H2,1-5H3,(H,23,25)/t15-/m0/s1. The lowest BCUT2D eigenvalue weighted by atomic mass is 9.87. The first-order valence-electron chi connectivity index (χ1n) is 8.53. The predicted molar refractivity (Wildman–Crippen MR) is 101 cm³/mol. The molecule has 0 saturated carbocycles. The highest BCUT2D eigenvalue weighted by Crippen LogP contribution is 2.22. The Labute approximate surface area is 149 Å². The van der Waals surface area contributed by atoms with Crippen LogP contribution >= 0.6 is 0 Å². The van der Waals surface area contributed by atoms with Gasteiger partial charge in [0.05, 0.1) is 11.7 Å². The Bertz CT molecular complexity index is 719. The molecule has 0 radical (unpaired) electrons. The number of rotatable bonds is 5. The molecule has 25 heavy (non-hydrogen) atoms. The van der Waals surface area contributed by atoms with Crippen molar-refractivity contribution < 1.29 is 9.18 Å². The van der Waals surface area contributed by atoms with E-state index in [1.165, 1.54) is 11.6 Å². The molecule has 0 fully saturated rings. The van der Waals surface area contributed by atoms with Gasteiger partial charge in [-0.15, -0.1) is 0 Å². The van der Waals surface area contributed by atoms with Gasteiger partial charge in [-0.3, -0.25) is 9.69 Å². The van der Waals surface area contributed by atoms with E-state index in [1.54, 1.807) is 18.2 Å². The molecule has 134 valence electrons. The Kier molecular flexibility index (Phi) is 5.96. The maximum atomic E-state index is 13.7. The van der Waals surface area contributed by atoms with Crippen LogP contribution in [0.2, 0.25) is 0 Å². The third-order valence-electron chi connectivity index (χ3n) is 4.42. The largest absolute Gasteiger partial charge is 0.322 e. The van der Waals surface area contributed by atoms with E-state index in [0.717, 1.165) is 5.56 Å². The summed E-state index contributed by atoms with van der Waals surface area (Å²) in [5.74, 6) is -0.651. The summed E-state index contributed by atoms with van der Waals surface area (Å²) >= 11 is 0. The van der Waals surface area contributed by atoms with Crippen LogP contribution in [0, 0.1) is 5.82 Å². The summed E-state index contributed by atoms with van der Waals surface area (Å²) in [5, 5.41) is 2.65. The molecule has 0 aromatic heterocycles. The molecule has 0 bridgehead atoms. The second-order valence-electron chi connectivity index (χ2n) is 7.51. The van der Waals surface area contributed by atoms with Gasteiger partial charge in [0.15, 0.2) is 0 Å². The first-order valence-corrected chi connectivity index (χ1v) is 8.53. The highest BCUT2D eigenvalue weighted by molar-refractivity contribution is 5.94. The lowest BCUT2D eigenvalue weighted by molar-refractivity contribution is -0.120. The number of anilines is 1. The Balaban J connectivity index is 1.98. The van der Waals surface area contributed by atoms with Crippen molar-refractivity contribution in [2.45, 2.75) is 45.7 Å². The molecule has 0 spiro atoms.